The second kappa shape index (κ2) is 6.16. The van der Waals surface area contributed by atoms with Gasteiger partial charge in [-0.1, -0.05) is 22.6 Å². The first-order valence-electron chi connectivity index (χ1n) is 4.69. The van der Waals surface area contributed by atoms with E-state index < -0.39 is 0 Å². The summed E-state index contributed by atoms with van der Waals surface area (Å²) in [4.78, 5) is 0. The van der Waals surface area contributed by atoms with Gasteiger partial charge >= 0.3 is 0 Å². The number of halogens is 1. The van der Waals surface area contributed by atoms with Crippen molar-refractivity contribution in [2.24, 2.45) is 0 Å². The molecule has 72 valence electrons. The van der Waals surface area contributed by atoms with Gasteiger partial charge in [-0.3, -0.25) is 0 Å². The van der Waals surface area contributed by atoms with Gasteiger partial charge < -0.3 is 10.1 Å². The Labute approximate surface area is 88.6 Å². The Kier molecular flexibility index (Phi) is 5.50. The minimum absolute atomic E-state index is 0.505. The lowest BCUT2D eigenvalue weighted by molar-refractivity contribution is 0.0593. The number of alkyl halides is 1. The maximum atomic E-state index is 5.36. The van der Waals surface area contributed by atoms with Crippen molar-refractivity contribution in [1.29, 1.82) is 0 Å². The summed E-state index contributed by atoms with van der Waals surface area (Å²) in [5, 5.41) is 3.55. The molecule has 0 aromatic rings. The van der Waals surface area contributed by atoms with Gasteiger partial charge in [0.25, 0.3) is 0 Å². The average Bonchev–Trinajstić information content (AvgIpc) is 2.15. The fourth-order valence-electron chi connectivity index (χ4n) is 1.80. The van der Waals surface area contributed by atoms with Gasteiger partial charge in [0.1, 0.15) is 0 Å². The average molecular weight is 283 g/mol. The van der Waals surface area contributed by atoms with Gasteiger partial charge in [-0.2, -0.15) is 0 Å². The second-order valence-corrected chi connectivity index (χ2v) is 4.44. The van der Waals surface area contributed by atoms with Gasteiger partial charge in [-0.05, 0) is 25.7 Å². The van der Waals surface area contributed by atoms with Crippen molar-refractivity contribution in [2.45, 2.75) is 37.8 Å². The second-order valence-electron chi connectivity index (χ2n) is 3.36. The molecule has 3 heteroatoms. The van der Waals surface area contributed by atoms with E-state index in [1.165, 1.54) is 30.1 Å². The molecular weight excluding hydrogens is 265 g/mol. The fraction of sp³-hybridized carbons (Fsp3) is 1.00. The number of methoxy groups -OCH3 is 1. The normalized spacial score (nSPS) is 30.5. The molecule has 1 aliphatic carbocycles. The minimum Gasteiger partial charge on any atom is -0.381 e. The summed E-state index contributed by atoms with van der Waals surface area (Å²) in [5.41, 5.74) is 0. The molecule has 12 heavy (non-hydrogen) atoms. The third kappa shape index (κ3) is 3.58. The third-order valence-electron chi connectivity index (χ3n) is 2.49. The van der Waals surface area contributed by atoms with Gasteiger partial charge in [0.15, 0.2) is 0 Å². The molecule has 1 fully saturated rings. The summed E-state index contributed by atoms with van der Waals surface area (Å²) >= 11 is 2.40. The molecule has 0 radical (unpaired) electrons. The summed E-state index contributed by atoms with van der Waals surface area (Å²) in [6.45, 7) is 1.14. The summed E-state index contributed by atoms with van der Waals surface area (Å²) in [6.07, 6.45) is 5.60. The lowest BCUT2D eigenvalue weighted by atomic mass is 9.93. The van der Waals surface area contributed by atoms with Crippen LogP contribution < -0.4 is 5.32 Å². The van der Waals surface area contributed by atoms with Crippen LogP contribution in [0.5, 0.6) is 0 Å². The first-order chi connectivity index (χ1) is 5.86. The zero-order valence-corrected chi connectivity index (χ0v) is 9.84. The van der Waals surface area contributed by atoms with Crippen LogP contribution in [0.25, 0.3) is 0 Å². The van der Waals surface area contributed by atoms with E-state index in [0.29, 0.717) is 12.1 Å². The lowest BCUT2D eigenvalue weighted by Crippen LogP contribution is -2.37. The number of hydrogen-bond acceptors (Lipinski definition) is 2. The van der Waals surface area contributed by atoms with E-state index in [9.17, 15) is 0 Å². The molecule has 2 nitrogen and oxygen atoms in total. The van der Waals surface area contributed by atoms with Crippen LogP contribution in [0.1, 0.15) is 25.7 Å². The number of nitrogens with one attached hydrogen (secondary N) is 1. The summed E-state index contributed by atoms with van der Waals surface area (Å²) in [5.74, 6) is 0. The molecule has 2 unspecified atom stereocenters. The molecule has 0 amide bonds. The molecule has 0 saturated heterocycles. The molecule has 1 saturated carbocycles. The zero-order valence-electron chi connectivity index (χ0n) is 7.68. The maximum absolute atomic E-state index is 5.36. The van der Waals surface area contributed by atoms with Crippen LogP contribution in [0.4, 0.5) is 0 Å². The third-order valence-corrected chi connectivity index (χ3v) is 3.03. The first-order valence-corrected chi connectivity index (χ1v) is 6.21. The Morgan fingerprint density at radius 1 is 1.50 bits per heavy atom. The van der Waals surface area contributed by atoms with Gasteiger partial charge in [0.05, 0.1) is 6.10 Å². The SMILES string of the molecule is COC1CCCC(NCCI)C1. The zero-order chi connectivity index (χ0) is 8.81. The van der Waals surface area contributed by atoms with Crippen molar-refractivity contribution in [1.82, 2.24) is 5.32 Å². The maximum Gasteiger partial charge on any atom is 0.0586 e. The highest BCUT2D eigenvalue weighted by atomic mass is 127. The molecule has 1 N–H and O–H groups in total. The number of ether oxygens (including phenoxy) is 1. The van der Waals surface area contributed by atoms with E-state index in [4.69, 9.17) is 4.74 Å². The van der Waals surface area contributed by atoms with Crippen molar-refractivity contribution >= 4 is 22.6 Å². The smallest absolute Gasteiger partial charge is 0.0586 e. The molecule has 0 aliphatic heterocycles. The Hall–Kier alpha value is 0.650. The molecule has 0 aromatic heterocycles. The van der Waals surface area contributed by atoms with E-state index in [1.54, 1.807) is 0 Å². The Morgan fingerprint density at radius 2 is 2.33 bits per heavy atom. The van der Waals surface area contributed by atoms with Crippen molar-refractivity contribution in [3.63, 3.8) is 0 Å². The Bertz CT molecular complexity index is 121. The van der Waals surface area contributed by atoms with Crippen LogP contribution in [0, 0.1) is 0 Å². The van der Waals surface area contributed by atoms with E-state index in [2.05, 4.69) is 27.9 Å². The molecule has 1 aliphatic rings. The summed E-state index contributed by atoms with van der Waals surface area (Å²) in [7, 11) is 1.82. The highest BCUT2D eigenvalue weighted by Gasteiger charge is 2.20. The number of hydrogen-bond donors (Lipinski definition) is 1. The van der Waals surface area contributed by atoms with Crippen LogP contribution in [0.3, 0.4) is 0 Å². The van der Waals surface area contributed by atoms with Crippen molar-refractivity contribution < 1.29 is 4.74 Å². The van der Waals surface area contributed by atoms with Crippen molar-refractivity contribution in [3.05, 3.63) is 0 Å². The molecule has 0 spiro atoms. The summed E-state index contributed by atoms with van der Waals surface area (Å²) < 4.78 is 6.56. The quantitative estimate of drug-likeness (QED) is 0.629. The standard InChI is InChI=1S/C9H18INO/c1-12-9-4-2-3-8(7-9)11-6-5-10/h8-9,11H,2-7H2,1H3. The lowest BCUT2D eigenvalue weighted by Gasteiger charge is -2.28. The first kappa shape index (κ1) is 10.7. The largest absolute Gasteiger partial charge is 0.381 e. The fourth-order valence-corrected chi connectivity index (χ4v) is 2.11. The van der Waals surface area contributed by atoms with Gasteiger partial charge in [-0.15, -0.1) is 0 Å². The van der Waals surface area contributed by atoms with Gasteiger partial charge in [0, 0.05) is 24.1 Å². The molecule has 0 aromatic carbocycles. The topological polar surface area (TPSA) is 21.3 Å². The minimum atomic E-state index is 0.505. The summed E-state index contributed by atoms with van der Waals surface area (Å²) in [6, 6.07) is 0.707. The Balaban J connectivity index is 2.16. The Morgan fingerprint density at radius 3 is 3.00 bits per heavy atom. The van der Waals surface area contributed by atoms with Crippen LogP contribution in [-0.2, 0) is 4.74 Å². The van der Waals surface area contributed by atoms with Crippen LogP contribution in [0.2, 0.25) is 0 Å². The highest BCUT2D eigenvalue weighted by Crippen LogP contribution is 2.20. The van der Waals surface area contributed by atoms with E-state index >= 15 is 0 Å². The molecule has 2 atom stereocenters. The number of rotatable bonds is 4. The molecule has 0 heterocycles. The molecule has 1 rings (SSSR count). The van der Waals surface area contributed by atoms with E-state index in [0.717, 1.165) is 6.54 Å². The van der Waals surface area contributed by atoms with Crippen molar-refractivity contribution in [3.8, 4) is 0 Å². The van der Waals surface area contributed by atoms with Gasteiger partial charge in [0.2, 0.25) is 0 Å². The van der Waals surface area contributed by atoms with Crippen LogP contribution >= 0.6 is 22.6 Å². The predicted molar refractivity (Wildman–Crippen MR) is 59.9 cm³/mol. The highest BCUT2D eigenvalue weighted by molar-refractivity contribution is 14.1. The molecular formula is C9H18INO. The van der Waals surface area contributed by atoms with Crippen LogP contribution in [0.15, 0.2) is 0 Å². The van der Waals surface area contributed by atoms with E-state index in [1.807, 2.05) is 7.11 Å². The molecule has 0 bridgehead atoms. The van der Waals surface area contributed by atoms with Gasteiger partial charge in [-0.25, -0.2) is 0 Å². The predicted octanol–water partition coefficient (Wildman–Crippen LogP) is 1.97. The van der Waals surface area contributed by atoms with Crippen LogP contribution in [-0.4, -0.2) is 30.2 Å². The van der Waals surface area contributed by atoms with Crippen molar-refractivity contribution in [2.75, 3.05) is 18.1 Å². The van der Waals surface area contributed by atoms with E-state index in [-0.39, 0.29) is 0 Å². The monoisotopic (exact) mass is 283 g/mol.